The molecule has 1 unspecified atom stereocenters. The SMILES string of the molecule is CCOCCOCCOC(N)CN. The number of rotatable bonds is 9. The minimum atomic E-state index is -0.379. The smallest absolute Gasteiger partial charge is 0.118 e. The Kier molecular flexibility index (Phi) is 9.73. The van der Waals surface area contributed by atoms with Gasteiger partial charge in [-0.05, 0) is 6.92 Å². The van der Waals surface area contributed by atoms with Crippen LogP contribution in [0.15, 0.2) is 0 Å². The van der Waals surface area contributed by atoms with E-state index in [2.05, 4.69) is 0 Å². The average molecular weight is 192 g/mol. The van der Waals surface area contributed by atoms with Crippen LogP contribution in [0.25, 0.3) is 0 Å². The summed E-state index contributed by atoms with van der Waals surface area (Å²) in [6.07, 6.45) is -0.379. The fourth-order valence-electron chi connectivity index (χ4n) is 0.691. The van der Waals surface area contributed by atoms with Crippen molar-refractivity contribution in [3.63, 3.8) is 0 Å². The van der Waals surface area contributed by atoms with Crippen molar-refractivity contribution in [2.45, 2.75) is 13.2 Å². The quantitative estimate of drug-likeness (QED) is 0.373. The van der Waals surface area contributed by atoms with Gasteiger partial charge in [0.25, 0.3) is 0 Å². The Morgan fingerprint density at radius 2 is 1.69 bits per heavy atom. The Morgan fingerprint density at radius 1 is 1.08 bits per heavy atom. The molecule has 13 heavy (non-hydrogen) atoms. The number of ether oxygens (including phenoxy) is 3. The predicted molar refractivity (Wildman–Crippen MR) is 50.3 cm³/mol. The van der Waals surface area contributed by atoms with E-state index in [4.69, 9.17) is 25.7 Å². The van der Waals surface area contributed by atoms with Crippen LogP contribution in [0.4, 0.5) is 0 Å². The lowest BCUT2D eigenvalue weighted by Crippen LogP contribution is -2.33. The second-order valence-corrected chi connectivity index (χ2v) is 2.45. The van der Waals surface area contributed by atoms with E-state index in [1.54, 1.807) is 0 Å². The molecule has 1 atom stereocenters. The largest absolute Gasteiger partial charge is 0.379 e. The lowest BCUT2D eigenvalue weighted by Gasteiger charge is -2.10. The highest BCUT2D eigenvalue weighted by Gasteiger charge is 1.97. The molecule has 0 saturated carbocycles. The maximum Gasteiger partial charge on any atom is 0.118 e. The third-order valence-electron chi connectivity index (χ3n) is 1.37. The summed E-state index contributed by atoms with van der Waals surface area (Å²) in [6, 6.07) is 0. The number of nitrogens with two attached hydrogens (primary N) is 2. The molecular formula is C8H20N2O3. The Morgan fingerprint density at radius 3 is 2.31 bits per heavy atom. The van der Waals surface area contributed by atoms with Crippen molar-refractivity contribution in [2.24, 2.45) is 11.5 Å². The van der Waals surface area contributed by atoms with E-state index in [0.717, 1.165) is 6.61 Å². The molecule has 0 radical (unpaired) electrons. The molecule has 5 heteroatoms. The van der Waals surface area contributed by atoms with Crippen LogP contribution in [-0.4, -0.2) is 45.8 Å². The summed E-state index contributed by atoms with van der Waals surface area (Å²) in [4.78, 5) is 0. The van der Waals surface area contributed by atoms with E-state index in [0.29, 0.717) is 33.0 Å². The van der Waals surface area contributed by atoms with E-state index < -0.39 is 0 Å². The van der Waals surface area contributed by atoms with Gasteiger partial charge >= 0.3 is 0 Å². The van der Waals surface area contributed by atoms with Crippen LogP contribution < -0.4 is 11.5 Å². The summed E-state index contributed by atoms with van der Waals surface area (Å²) in [5, 5.41) is 0. The van der Waals surface area contributed by atoms with Crippen molar-refractivity contribution in [1.29, 1.82) is 0 Å². The predicted octanol–water partition coefficient (Wildman–Crippen LogP) is -0.700. The molecule has 0 saturated heterocycles. The van der Waals surface area contributed by atoms with E-state index in [-0.39, 0.29) is 6.23 Å². The van der Waals surface area contributed by atoms with Crippen molar-refractivity contribution in [2.75, 3.05) is 39.6 Å². The highest BCUT2D eigenvalue weighted by Crippen LogP contribution is 1.82. The van der Waals surface area contributed by atoms with Gasteiger partial charge in [-0.25, -0.2) is 0 Å². The molecular weight excluding hydrogens is 172 g/mol. The van der Waals surface area contributed by atoms with Crippen molar-refractivity contribution in [1.82, 2.24) is 0 Å². The first-order chi connectivity index (χ1) is 6.31. The van der Waals surface area contributed by atoms with Gasteiger partial charge in [-0.15, -0.1) is 0 Å². The van der Waals surface area contributed by atoms with Gasteiger partial charge in [-0.2, -0.15) is 0 Å². The zero-order valence-corrected chi connectivity index (χ0v) is 8.20. The third kappa shape index (κ3) is 9.72. The topological polar surface area (TPSA) is 79.7 Å². The number of hydrogen-bond donors (Lipinski definition) is 2. The maximum atomic E-state index is 5.41. The highest BCUT2D eigenvalue weighted by atomic mass is 16.5. The first-order valence-electron chi connectivity index (χ1n) is 4.54. The highest BCUT2D eigenvalue weighted by molar-refractivity contribution is 4.45. The Bertz CT molecular complexity index is 103. The molecule has 0 bridgehead atoms. The van der Waals surface area contributed by atoms with Crippen LogP contribution in [0, 0.1) is 0 Å². The van der Waals surface area contributed by atoms with Gasteiger partial charge in [-0.1, -0.05) is 0 Å². The van der Waals surface area contributed by atoms with Gasteiger partial charge in [0.1, 0.15) is 6.23 Å². The molecule has 0 spiro atoms. The molecule has 0 fully saturated rings. The van der Waals surface area contributed by atoms with Crippen LogP contribution in [-0.2, 0) is 14.2 Å². The van der Waals surface area contributed by atoms with Gasteiger partial charge in [0.2, 0.25) is 0 Å². The normalized spacial score (nSPS) is 13.2. The third-order valence-corrected chi connectivity index (χ3v) is 1.37. The first kappa shape index (κ1) is 12.8. The van der Waals surface area contributed by atoms with E-state index in [1.807, 2.05) is 6.92 Å². The molecule has 0 aromatic carbocycles. The van der Waals surface area contributed by atoms with Gasteiger partial charge in [-0.3, -0.25) is 0 Å². The zero-order chi connectivity index (χ0) is 9.94. The van der Waals surface area contributed by atoms with Crippen LogP contribution in [0.1, 0.15) is 6.92 Å². The van der Waals surface area contributed by atoms with E-state index >= 15 is 0 Å². The van der Waals surface area contributed by atoms with Gasteiger partial charge < -0.3 is 25.7 Å². The van der Waals surface area contributed by atoms with Crippen molar-refractivity contribution >= 4 is 0 Å². The lowest BCUT2D eigenvalue weighted by atomic mass is 10.6. The fraction of sp³-hybridized carbons (Fsp3) is 1.00. The zero-order valence-electron chi connectivity index (χ0n) is 8.20. The van der Waals surface area contributed by atoms with Crippen LogP contribution in [0.5, 0.6) is 0 Å². The minimum Gasteiger partial charge on any atom is -0.379 e. The second kappa shape index (κ2) is 9.88. The molecule has 0 aromatic rings. The Balaban J connectivity index is 2.91. The molecule has 0 aliphatic heterocycles. The van der Waals surface area contributed by atoms with Crippen LogP contribution >= 0.6 is 0 Å². The molecule has 0 rings (SSSR count). The number of hydrogen-bond acceptors (Lipinski definition) is 5. The van der Waals surface area contributed by atoms with Crippen LogP contribution in [0.3, 0.4) is 0 Å². The first-order valence-corrected chi connectivity index (χ1v) is 4.54. The summed E-state index contributed by atoms with van der Waals surface area (Å²) in [6.45, 7) is 5.22. The van der Waals surface area contributed by atoms with Gasteiger partial charge in [0.15, 0.2) is 0 Å². The van der Waals surface area contributed by atoms with E-state index in [9.17, 15) is 0 Å². The molecule has 80 valence electrons. The van der Waals surface area contributed by atoms with Gasteiger partial charge in [0.05, 0.1) is 26.4 Å². The van der Waals surface area contributed by atoms with Crippen LogP contribution in [0.2, 0.25) is 0 Å². The Hall–Kier alpha value is -0.200. The van der Waals surface area contributed by atoms with Gasteiger partial charge in [0, 0.05) is 13.2 Å². The maximum absolute atomic E-state index is 5.41. The minimum absolute atomic E-state index is 0.332. The Labute approximate surface area is 79.3 Å². The molecule has 4 N–H and O–H groups in total. The molecule has 0 aromatic heterocycles. The summed E-state index contributed by atoms with van der Waals surface area (Å²) in [7, 11) is 0. The summed E-state index contributed by atoms with van der Waals surface area (Å²) in [5.41, 5.74) is 10.6. The summed E-state index contributed by atoms with van der Waals surface area (Å²) >= 11 is 0. The monoisotopic (exact) mass is 192 g/mol. The fourth-order valence-corrected chi connectivity index (χ4v) is 0.691. The molecule has 5 nitrogen and oxygen atoms in total. The summed E-state index contributed by atoms with van der Waals surface area (Å²) < 4.78 is 15.3. The summed E-state index contributed by atoms with van der Waals surface area (Å²) in [5.74, 6) is 0. The van der Waals surface area contributed by atoms with Crippen molar-refractivity contribution in [3.8, 4) is 0 Å². The second-order valence-electron chi connectivity index (χ2n) is 2.45. The molecule has 0 amide bonds. The molecule has 0 aliphatic carbocycles. The average Bonchev–Trinajstić information content (AvgIpc) is 2.16. The molecule has 0 heterocycles. The lowest BCUT2D eigenvalue weighted by molar-refractivity contribution is -0.00554. The molecule has 0 aliphatic rings. The standard InChI is InChI=1S/C8H20N2O3/c1-2-11-3-4-12-5-6-13-8(10)7-9/h8H,2-7,9-10H2,1H3. The van der Waals surface area contributed by atoms with E-state index in [1.165, 1.54) is 0 Å². The van der Waals surface area contributed by atoms with Crippen molar-refractivity contribution in [3.05, 3.63) is 0 Å². The van der Waals surface area contributed by atoms with Crippen molar-refractivity contribution < 1.29 is 14.2 Å².